The van der Waals surface area contributed by atoms with Gasteiger partial charge in [0.15, 0.2) is 6.10 Å². The second-order valence-corrected chi connectivity index (χ2v) is 19.2. The highest BCUT2D eigenvalue weighted by Crippen LogP contribution is 2.17. The molecule has 0 saturated carbocycles. The van der Waals surface area contributed by atoms with Gasteiger partial charge in [-0.2, -0.15) is 0 Å². The van der Waals surface area contributed by atoms with E-state index in [-0.39, 0.29) is 31.1 Å². The van der Waals surface area contributed by atoms with Crippen LogP contribution >= 0.6 is 0 Å². The summed E-state index contributed by atoms with van der Waals surface area (Å²) in [6.45, 7) is 6.70. The summed E-state index contributed by atoms with van der Waals surface area (Å²) in [5.74, 6) is -0.835. The molecule has 0 aromatic heterocycles. The molecule has 0 radical (unpaired) electrons. The van der Waals surface area contributed by atoms with Gasteiger partial charge in [0, 0.05) is 19.3 Å². The maximum Gasteiger partial charge on any atom is 0.306 e. The molecule has 0 aliphatic rings. The van der Waals surface area contributed by atoms with Crippen molar-refractivity contribution in [1.29, 1.82) is 0 Å². The summed E-state index contributed by atoms with van der Waals surface area (Å²) in [4.78, 5) is 38.0. The summed E-state index contributed by atoms with van der Waals surface area (Å²) in [7, 11) is 0. The van der Waals surface area contributed by atoms with Crippen LogP contribution in [0.2, 0.25) is 0 Å². The van der Waals surface area contributed by atoms with E-state index in [4.69, 9.17) is 14.2 Å². The Morgan fingerprint density at radius 2 is 0.435 bits per heavy atom. The number of carbonyl (C=O) groups excluding carboxylic acids is 3. The van der Waals surface area contributed by atoms with Gasteiger partial charge in [-0.3, -0.25) is 14.4 Å². The van der Waals surface area contributed by atoms with E-state index in [1.807, 2.05) is 0 Å². The summed E-state index contributed by atoms with van der Waals surface area (Å²) >= 11 is 0. The Kier molecular flexibility index (Phi) is 50.7. The van der Waals surface area contributed by atoms with E-state index in [1.54, 1.807) is 0 Å². The van der Waals surface area contributed by atoms with Gasteiger partial charge in [0.2, 0.25) is 0 Å². The van der Waals surface area contributed by atoms with Gasteiger partial charge in [-0.05, 0) is 19.3 Å². The number of hydrogen-bond acceptors (Lipinski definition) is 6. The topological polar surface area (TPSA) is 78.9 Å². The quantitative estimate of drug-likeness (QED) is 0.0344. The highest BCUT2D eigenvalue weighted by atomic mass is 16.6. The second kappa shape index (κ2) is 52.0. The SMILES string of the molecule is CCCCCCCCCCCCCCCCCCCCC(=O)OC[C@@H](COC(=O)CCCCCCCCCCCCCCCC)OC(=O)CCCCCCCCCCCCCC. The van der Waals surface area contributed by atoms with E-state index >= 15 is 0 Å². The molecule has 0 unspecified atom stereocenters. The molecular formula is C56H108O6. The van der Waals surface area contributed by atoms with Crippen molar-refractivity contribution < 1.29 is 28.6 Å². The molecule has 0 aliphatic carbocycles. The molecule has 0 bridgehead atoms. The van der Waals surface area contributed by atoms with Crippen LogP contribution in [0.3, 0.4) is 0 Å². The average Bonchev–Trinajstić information content (AvgIpc) is 3.27. The fourth-order valence-corrected chi connectivity index (χ4v) is 8.62. The largest absolute Gasteiger partial charge is 0.462 e. The Morgan fingerprint density at radius 3 is 0.645 bits per heavy atom. The molecule has 0 aromatic carbocycles. The van der Waals surface area contributed by atoms with Crippen molar-refractivity contribution >= 4 is 17.9 Å². The highest BCUT2D eigenvalue weighted by molar-refractivity contribution is 5.71. The Balaban J connectivity index is 4.25. The first-order valence-corrected chi connectivity index (χ1v) is 28.0. The minimum Gasteiger partial charge on any atom is -0.462 e. The fourth-order valence-electron chi connectivity index (χ4n) is 8.62. The first-order valence-electron chi connectivity index (χ1n) is 28.0. The van der Waals surface area contributed by atoms with Crippen LogP contribution in [0.4, 0.5) is 0 Å². The van der Waals surface area contributed by atoms with E-state index in [2.05, 4.69) is 20.8 Å². The summed E-state index contributed by atoms with van der Waals surface area (Å²) in [6, 6.07) is 0. The zero-order chi connectivity index (χ0) is 45.1. The molecule has 6 heteroatoms. The van der Waals surface area contributed by atoms with Crippen LogP contribution in [0.25, 0.3) is 0 Å². The van der Waals surface area contributed by atoms with E-state index in [0.717, 1.165) is 57.8 Å². The Bertz CT molecular complexity index is 920. The third-order valence-corrected chi connectivity index (χ3v) is 12.9. The molecule has 0 aromatic rings. The van der Waals surface area contributed by atoms with Crippen molar-refractivity contribution in [2.75, 3.05) is 13.2 Å². The molecule has 0 heterocycles. The lowest BCUT2D eigenvalue weighted by Crippen LogP contribution is -2.30. The van der Waals surface area contributed by atoms with Crippen LogP contribution in [0.15, 0.2) is 0 Å². The van der Waals surface area contributed by atoms with Gasteiger partial charge in [0.05, 0.1) is 0 Å². The van der Waals surface area contributed by atoms with Crippen molar-refractivity contribution in [2.24, 2.45) is 0 Å². The minimum absolute atomic E-state index is 0.0613. The van der Waals surface area contributed by atoms with Gasteiger partial charge < -0.3 is 14.2 Å². The van der Waals surface area contributed by atoms with Crippen molar-refractivity contribution in [3.63, 3.8) is 0 Å². The fraction of sp³-hybridized carbons (Fsp3) is 0.946. The van der Waals surface area contributed by atoms with Crippen LogP contribution in [0, 0.1) is 0 Å². The molecule has 0 fully saturated rings. The zero-order valence-corrected chi connectivity index (χ0v) is 42.2. The third-order valence-electron chi connectivity index (χ3n) is 12.9. The Morgan fingerprint density at radius 1 is 0.258 bits per heavy atom. The standard InChI is InChI=1S/C56H108O6/c1-4-7-10-13-16-19-22-25-27-28-29-30-32-35-37-40-43-46-49-55(58)61-52-53(62-56(59)50-47-44-41-38-33-24-21-18-15-12-9-6-3)51-60-54(57)48-45-42-39-36-34-31-26-23-20-17-14-11-8-5-2/h53H,4-52H2,1-3H3/t53-/m1/s1. The molecule has 0 amide bonds. The molecule has 0 spiro atoms. The van der Waals surface area contributed by atoms with Crippen molar-refractivity contribution in [2.45, 2.75) is 329 Å². The van der Waals surface area contributed by atoms with Crippen molar-refractivity contribution in [1.82, 2.24) is 0 Å². The molecule has 0 aliphatic heterocycles. The number of unbranched alkanes of at least 4 members (excludes halogenated alkanes) is 41. The predicted molar refractivity (Wildman–Crippen MR) is 266 cm³/mol. The lowest BCUT2D eigenvalue weighted by Gasteiger charge is -2.18. The minimum atomic E-state index is -0.760. The van der Waals surface area contributed by atoms with Crippen LogP contribution in [0.1, 0.15) is 323 Å². The van der Waals surface area contributed by atoms with Gasteiger partial charge in [0.1, 0.15) is 13.2 Å². The van der Waals surface area contributed by atoms with Crippen LogP contribution < -0.4 is 0 Å². The zero-order valence-electron chi connectivity index (χ0n) is 42.2. The Hall–Kier alpha value is -1.59. The molecule has 0 saturated heterocycles. The lowest BCUT2D eigenvalue weighted by molar-refractivity contribution is -0.167. The maximum absolute atomic E-state index is 12.8. The summed E-state index contributed by atoms with van der Waals surface area (Å²) in [6.07, 6.45) is 56.6. The summed E-state index contributed by atoms with van der Waals surface area (Å²) in [5, 5.41) is 0. The van der Waals surface area contributed by atoms with Gasteiger partial charge in [-0.15, -0.1) is 0 Å². The molecule has 368 valence electrons. The Labute approximate surface area is 387 Å². The van der Waals surface area contributed by atoms with Gasteiger partial charge in [0.25, 0.3) is 0 Å². The van der Waals surface area contributed by atoms with E-state index in [9.17, 15) is 14.4 Å². The van der Waals surface area contributed by atoms with E-state index in [0.29, 0.717) is 19.3 Å². The summed E-state index contributed by atoms with van der Waals surface area (Å²) in [5.41, 5.74) is 0. The first kappa shape index (κ1) is 60.4. The monoisotopic (exact) mass is 877 g/mol. The highest BCUT2D eigenvalue weighted by Gasteiger charge is 2.19. The lowest BCUT2D eigenvalue weighted by atomic mass is 10.0. The van der Waals surface area contributed by atoms with Crippen molar-refractivity contribution in [3.8, 4) is 0 Å². The number of hydrogen-bond donors (Lipinski definition) is 0. The predicted octanol–water partition coefficient (Wildman–Crippen LogP) is 18.4. The normalized spacial score (nSPS) is 11.9. The average molecular weight is 877 g/mol. The van der Waals surface area contributed by atoms with E-state index in [1.165, 1.54) is 225 Å². The number of rotatable bonds is 52. The molecule has 6 nitrogen and oxygen atoms in total. The van der Waals surface area contributed by atoms with Crippen molar-refractivity contribution in [3.05, 3.63) is 0 Å². The van der Waals surface area contributed by atoms with Crippen LogP contribution in [-0.4, -0.2) is 37.2 Å². The molecule has 0 N–H and O–H groups in total. The maximum atomic E-state index is 12.8. The third kappa shape index (κ3) is 49.4. The number of carbonyl (C=O) groups is 3. The number of esters is 3. The molecule has 0 rings (SSSR count). The molecular weight excluding hydrogens is 769 g/mol. The smallest absolute Gasteiger partial charge is 0.306 e. The van der Waals surface area contributed by atoms with Gasteiger partial charge in [-0.25, -0.2) is 0 Å². The van der Waals surface area contributed by atoms with Crippen LogP contribution in [-0.2, 0) is 28.6 Å². The second-order valence-electron chi connectivity index (χ2n) is 19.2. The van der Waals surface area contributed by atoms with Gasteiger partial charge in [-0.1, -0.05) is 284 Å². The summed E-state index contributed by atoms with van der Waals surface area (Å²) < 4.78 is 16.9. The first-order chi connectivity index (χ1) is 30.5. The molecule has 62 heavy (non-hydrogen) atoms. The molecule has 1 atom stereocenters. The van der Waals surface area contributed by atoms with E-state index < -0.39 is 6.10 Å². The van der Waals surface area contributed by atoms with Crippen LogP contribution in [0.5, 0.6) is 0 Å². The van der Waals surface area contributed by atoms with Gasteiger partial charge >= 0.3 is 17.9 Å². The number of ether oxygens (including phenoxy) is 3.